The molecule has 0 unspecified atom stereocenters. The van der Waals surface area contributed by atoms with Crippen molar-refractivity contribution >= 4 is 5.78 Å². The predicted octanol–water partition coefficient (Wildman–Crippen LogP) is 0.768. The lowest BCUT2D eigenvalue weighted by Crippen LogP contribution is -2.79. The maximum atomic E-state index is 13.0. The number of carbonyl (C=O) groups excluding carboxylic acids is 1. The van der Waals surface area contributed by atoms with Gasteiger partial charge < -0.3 is 10.2 Å². The second-order valence-corrected chi connectivity index (χ2v) is 6.66. The third kappa shape index (κ3) is 1.64. The van der Waals surface area contributed by atoms with Crippen LogP contribution in [0.25, 0.3) is 0 Å². The average Bonchev–Trinajstić information content (AvgIpc) is 2.79. The van der Waals surface area contributed by atoms with Crippen LogP contribution in [-0.4, -0.2) is 58.2 Å². The van der Waals surface area contributed by atoms with E-state index in [1.807, 2.05) is 0 Å². The van der Waals surface area contributed by atoms with Gasteiger partial charge in [0.15, 0.2) is 0 Å². The van der Waals surface area contributed by atoms with Crippen molar-refractivity contribution in [2.45, 2.75) is 49.2 Å². The number of aliphatic hydroxyl groups is 2. The SMILES string of the molecule is CON1[C@H]2CCCC[C@@H]2N(OC)[C@@]2(O)c3ccccc3C(=O)[C@]12O. The lowest BCUT2D eigenvalue weighted by atomic mass is 9.81. The number of piperazine rings is 1. The highest BCUT2D eigenvalue weighted by molar-refractivity contribution is 6.08. The summed E-state index contributed by atoms with van der Waals surface area (Å²) in [7, 11) is 2.88. The van der Waals surface area contributed by atoms with Crippen LogP contribution >= 0.6 is 0 Å². The summed E-state index contributed by atoms with van der Waals surface area (Å²) in [6, 6.07) is 6.27. The molecule has 0 spiro atoms. The van der Waals surface area contributed by atoms with Crippen LogP contribution in [-0.2, 0) is 15.4 Å². The van der Waals surface area contributed by atoms with E-state index >= 15 is 0 Å². The molecule has 1 aromatic carbocycles. The molecule has 1 aliphatic heterocycles. The second-order valence-electron chi connectivity index (χ2n) is 6.66. The Morgan fingerprint density at radius 1 is 1.00 bits per heavy atom. The summed E-state index contributed by atoms with van der Waals surface area (Å²) in [6.07, 6.45) is 3.49. The molecule has 24 heavy (non-hydrogen) atoms. The first-order valence-corrected chi connectivity index (χ1v) is 8.27. The molecule has 2 N–H and O–H groups in total. The lowest BCUT2D eigenvalue weighted by molar-refractivity contribution is -0.455. The molecular weight excluding hydrogens is 312 g/mol. The Hall–Kier alpha value is -1.35. The first-order chi connectivity index (χ1) is 11.5. The zero-order chi connectivity index (χ0) is 17.1. The van der Waals surface area contributed by atoms with E-state index in [2.05, 4.69) is 0 Å². The average molecular weight is 334 g/mol. The summed E-state index contributed by atoms with van der Waals surface area (Å²) >= 11 is 0. The van der Waals surface area contributed by atoms with Crippen molar-refractivity contribution in [3.8, 4) is 0 Å². The number of Topliss-reactive ketones (excluding diaryl/α,β-unsaturated/α-hetero) is 1. The highest BCUT2D eigenvalue weighted by Crippen LogP contribution is 2.54. The molecule has 1 saturated heterocycles. The van der Waals surface area contributed by atoms with Crippen molar-refractivity contribution in [1.82, 2.24) is 10.1 Å². The number of hydroxylamine groups is 4. The van der Waals surface area contributed by atoms with Gasteiger partial charge >= 0.3 is 0 Å². The summed E-state index contributed by atoms with van der Waals surface area (Å²) in [6.45, 7) is 0. The van der Waals surface area contributed by atoms with Crippen LogP contribution in [0.3, 0.4) is 0 Å². The van der Waals surface area contributed by atoms with E-state index in [9.17, 15) is 15.0 Å². The van der Waals surface area contributed by atoms with Crippen LogP contribution in [0.15, 0.2) is 24.3 Å². The van der Waals surface area contributed by atoms with E-state index in [1.165, 1.54) is 24.3 Å². The van der Waals surface area contributed by atoms with Gasteiger partial charge in [0.05, 0.1) is 26.3 Å². The highest BCUT2D eigenvalue weighted by Gasteiger charge is 2.75. The quantitative estimate of drug-likeness (QED) is 0.826. The normalized spacial score (nSPS) is 39.4. The van der Waals surface area contributed by atoms with Crippen LogP contribution < -0.4 is 0 Å². The third-order valence-electron chi connectivity index (χ3n) is 5.68. The maximum absolute atomic E-state index is 13.0. The largest absolute Gasteiger partial charge is 0.366 e. The Bertz CT molecular complexity index is 683. The number of fused-ring (bicyclic) bond motifs is 4. The smallest absolute Gasteiger partial charge is 0.255 e. The standard InChI is InChI=1S/C17H22N2O5/c1-23-18-13-9-5-6-10-14(13)19(24-2)17(22)15(20)11-7-3-4-8-12(11)16(17,18)21/h3-4,7-8,13-14,21-22H,5-6,9-10H2,1-2H3/t13-,14-,16+,17+/m0/s1. The molecule has 130 valence electrons. The minimum absolute atomic E-state index is 0.187. The van der Waals surface area contributed by atoms with Gasteiger partial charge in [0.25, 0.3) is 5.72 Å². The molecule has 7 heteroatoms. The van der Waals surface area contributed by atoms with Gasteiger partial charge in [0.1, 0.15) is 0 Å². The molecule has 3 aliphatic rings. The molecule has 1 aromatic rings. The van der Waals surface area contributed by atoms with E-state index in [1.54, 1.807) is 24.3 Å². The molecule has 0 aromatic heterocycles. The molecule has 0 amide bonds. The summed E-state index contributed by atoms with van der Waals surface area (Å²) in [5.41, 5.74) is -3.65. The Kier molecular flexibility index (Phi) is 3.58. The third-order valence-corrected chi connectivity index (χ3v) is 5.68. The number of benzene rings is 1. The van der Waals surface area contributed by atoms with E-state index in [0.29, 0.717) is 5.56 Å². The van der Waals surface area contributed by atoms with Gasteiger partial charge in [0.2, 0.25) is 11.5 Å². The fourth-order valence-electron chi connectivity index (χ4n) is 4.70. The van der Waals surface area contributed by atoms with Crippen LogP contribution in [0.5, 0.6) is 0 Å². The van der Waals surface area contributed by atoms with Gasteiger partial charge in [-0.2, -0.15) is 0 Å². The Morgan fingerprint density at radius 3 is 2.12 bits per heavy atom. The Morgan fingerprint density at radius 2 is 1.54 bits per heavy atom. The fourth-order valence-corrected chi connectivity index (χ4v) is 4.70. The van der Waals surface area contributed by atoms with Crippen molar-refractivity contribution in [1.29, 1.82) is 0 Å². The summed E-state index contributed by atoms with van der Waals surface area (Å²) in [5, 5.41) is 25.7. The summed E-state index contributed by atoms with van der Waals surface area (Å²) < 4.78 is 0. The van der Waals surface area contributed by atoms with Crippen molar-refractivity contribution < 1.29 is 24.7 Å². The molecule has 4 rings (SSSR count). The minimum atomic E-state index is -2.25. The van der Waals surface area contributed by atoms with E-state index < -0.39 is 17.2 Å². The van der Waals surface area contributed by atoms with Crippen LogP contribution in [0.4, 0.5) is 0 Å². The molecule has 0 radical (unpaired) electrons. The molecule has 0 bridgehead atoms. The van der Waals surface area contributed by atoms with Gasteiger partial charge in [-0.15, -0.1) is 10.1 Å². The van der Waals surface area contributed by atoms with E-state index in [0.717, 1.165) is 25.7 Å². The molecule has 1 heterocycles. The number of nitrogens with zero attached hydrogens (tertiary/aromatic N) is 2. The zero-order valence-corrected chi connectivity index (χ0v) is 13.8. The molecular formula is C17H22N2O5. The molecule has 2 aliphatic carbocycles. The van der Waals surface area contributed by atoms with Crippen molar-refractivity contribution in [3.63, 3.8) is 0 Å². The van der Waals surface area contributed by atoms with Crippen LogP contribution in [0, 0.1) is 0 Å². The van der Waals surface area contributed by atoms with Gasteiger partial charge in [-0.1, -0.05) is 37.1 Å². The molecule has 7 nitrogen and oxygen atoms in total. The molecule has 4 atom stereocenters. The summed E-state index contributed by atoms with van der Waals surface area (Å²) in [5.74, 6) is -0.575. The molecule has 2 fully saturated rings. The van der Waals surface area contributed by atoms with Crippen LogP contribution in [0.2, 0.25) is 0 Å². The Balaban J connectivity index is 1.97. The number of hydrogen-bond donors (Lipinski definition) is 2. The van der Waals surface area contributed by atoms with Crippen molar-refractivity contribution in [3.05, 3.63) is 35.4 Å². The van der Waals surface area contributed by atoms with Crippen LogP contribution in [0.1, 0.15) is 41.6 Å². The Labute approximate surface area is 140 Å². The second kappa shape index (κ2) is 5.32. The number of hydrogen-bond acceptors (Lipinski definition) is 7. The zero-order valence-electron chi connectivity index (χ0n) is 13.8. The van der Waals surface area contributed by atoms with Crippen molar-refractivity contribution in [2.75, 3.05) is 14.2 Å². The topological polar surface area (TPSA) is 82.5 Å². The van der Waals surface area contributed by atoms with E-state index in [-0.39, 0.29) is 17.6 Å². The molecule has 1 saturated carbocycles. The predicted molar refractivity (Wildman–Crippen MR) is 83.4 cm³/mol. The number of carbonyl (C=O) groups is 1. The monoisotopic (exact) mass is 334 g/mol. The number of rotatable bonds is 2. The van der Waals surface area contributed by atoms with Crippen molar-refractivity contribution in [2.24, 2.45) is 0 Å². The maximum Gasteiger partial charge on any atom is 0.255 e. The van der Waals surface area contributed by atoms with E-state index in [4.69, 9.17) is 9.68 Å². The van der Waals surface area contributed by atoms with Gasteiger partial charge in [0, 0.05) is 11.1 Å². The minimum Gasteiger partial charge on any atom is -0.366 e. The fraction of sp³-hybridized carbons (Fsp3) is 0.588. The lowest BCUT2D eigenvalue weighted by Gasteiger charge is -2.59. The first-order valence-electron chi connectivity index (χ1n) is 8.27. The first kappa shape index (κ1) is 16.1. The summed E-state index contributed by atoms with van der Waals surface area (Å²) in [4.78, 5) is 24.0. The highest BCUT2D eigenvalue weighted by atomic mass is 16.7. The van der Waals surface area contributed by atoms with Gasteiger partial charge in [-0.05, 0) is 12.8 Å². The van der Waals surface area contributed by atoms with Gasteiger partial charge in [-0.25, -0.2) is 0 Å². The van der Waals surface area contributed by atoms with Gasteiger partial charge in [-0.3, -0.25) is 14.5 Å². The number of ketones is 1.